The third-order valence-corrected chi connectivity index (χ3v) is 5.36. The van der Waals surface area contributed by atoms with Crippen LogP contribution in [0.3, 0.4) is 0 Å². The molecule has 3 aromatic heterocycles. The Hall–Kier alpha value is -3.65. The first-order chi connectivity index (χ1) is 14.5. The van der Waals surface area contributed by atoms with Gasteiger partial charge in [0.1, 0.15) is 23.0 Å². The third kappa shape index (κ3) is 3.11. The van der Waals surface area contributed by atoms with Crippen LogP contribution in [0.15, 0.2) is 71.5 Å². The highest BCUT2D eigenvalue weighted by Gasteiger charge is 2.19. The number of carboxylic acid groups (broad SMARTS) is 1. The molecule has 5 aromatic rings. The zero-order valence-corrected chi connectivity index (χ0v) is 16.9. The molecule has 0 saturated heterocycles. The van der Waals surface area contributed by atoms with E-state index in [1.54, 1.807) is 22.6 Å². The van der Waals surface area contributed by atoms with Crippen molar-refractivity contribution in [1.29, 1.82) is 0 Å². The number of H-pyrrole nitrogens is 1. The van der Waals surface area contributed by atoms with Crippen LogP contribution in [0, 0.1) is 5.82 Å². The Morgan fingerprint density at radius 2 is 1.93 bits per heavy atom. The van der Waals surface area contributed by atoms with Gasteiger partial charge >= 0.3 is 5.97 Å². The molecule has 3 heterocycles. The van der Waals surface area contributed by atoms with Crippen molar-refractivity contribution in [2.75, 3.05) is 5.32 Å². The highest BCUT2D eigenvalue weighted by molar-refractivity contribution is 9.10. The largest absolute Gasteiger partial charge is 0.478 e. The number of nitrogens with one attached hydrogen (secondary N) is 2. The van der Waals surface area contributed by atoms with Crippen LogP contribution in [0.1, 0.15) is 10.4 Å². The van der Waals surface area contributed by atoms with Crippen molar-refractivity contribution < 1.29 is 14.3 Å². The molecule has 2 aromatic carbocycles. The van der Waals surface area contributed by atoms with Crippen LogP contribution in [0.2, 0.25) is 0 Å². The summed E-state index contributed by atoms with van der Waals surface area (Å²) >= 11 is 3.51. The summed E-state index contributed by atoms with van der Waals surface area (Å²) in [5, 5.41) is 13.6. The first-order valence-corrected chi connectivity index (χ1v) is 9.84. The Morgan fingerprint density at radius 1 is 1.13 bits per heavy atom. The number of hydrogen-bond acceptors (Lipinski definition) is 3. The summed E-state index contributed by atoms with van der Waals surface area (Å²) in [6.45, 7) is 0. The smallest absolute Gasteiger partial charge is 0.337 e. The lowest BCUT2D eigenvalue weighted by Gasteiger charge is -2.09. The van der Waals surface area contributed by atoms with Gasteiger partial charge in [-0.3, -0.25) is 4.40 Å². The third-order valence-electron chi connectivity index (χ3n) is 4.87. The number of carbonyl (C=O) groups is 1. The molecular formula is C22H14BrFN4O2. The van der Waals surface area contributed by atoms with Crippen molar-refractivity contribution in [2.45, 2.75) is 0 Å². The Balaban J connectivity index is 1.76. The number of hydrogen-bond donors (Lipinski definition) is 3. The fourth-order valence-corrected chi connectivity index (χ4v) is 3.80. The SMILES string of the molecule is O=C(O)c1ccc2nc(-c3c[nH]c4ccc(Br)cc34)c(Nc3ccc(F)cc3)n2c1. The first kappa shape index (κ1) is 18.4. The lowest BCUT2D eigenvalue weighted by Crippen LogP contribution is -2.01. The number of aromatic amines is 1. The molecule has 0 saturated carbocycles. The molecule has 30 heavy (non-hydrogen) atoms. The zero-order chi connectivity index (χ0) is 20.8. The fourth-order valence-electron chi connectivity index (χ4n) is 3.44. The van der Waals surface area contributed by atoms with Gasteiger partial charge < -0.3 is 15.4 Å². The van der Waals surface area contributed by atoms with E-state index in [-0.39, 0.29) is 11.4 Å². The molecule has 0 aliphatic carbocycles. The van der Waals surface area contributed by atoms with Gasteiger partial charge in [0.25, 0.3) is 0 Å². The number of aromatic nitrogens is 3. The average Bonchev–Trinajstić information content (AvgIpc) is 3.30. The van der Waals surface area contributed by atoms with E-state index in [9.17, 15) is 14.3 Å². The molecule has 0 atom stereocenters. The molecule has 5 rings (SSSR count). The fraction of sp³-hybridized carbons (Fsp3) is 0. The van der Waals surface area contributed by atoms with E-state index in [0.717, 1.165) is 20.9 Å². The molecule has 0 unspecified atom stereocenters. The topological polar surface area (TPSA) is 82.4 Å². The molecule has 0 radical (unpaired) electrons. The monoisotopic (exact) mass is 464 g/mol. The van der Waals surface area contributed by atoms with Crippen molar-refractivity contribution in [2.24, 2.45) is 0 Å². The molecule has 0 amide bonds. The normalized spacial score (nSPS) is 11.3. The van der Waals surface area contributed by atoms with Gasteiger partial charge in [-0.15, -0.1) is 0 Å². The number of aromatic carboxylic acids is 1. The molecule has 0 bridgehead atoms. The summed E-state index contributed by atoms with van der Waals surface area (Å²) in [5.74, 6) is -0.787. The standard InChI is InChI=1S/C22H14BrFN4O2/c23-13-2-7-18-16(9-13)17(10-25-18)20-21(26-15-5-3-14(24)4-6-15)28-11-12(22(29)30)1-8-19(28)27-20/h1-11,25-26H,(H,29,30). The summed E-state index contributed by atoms with van der Waals surface area (Å²) in [7, 11) is 0. The molecule has 8 heteroatoms. The molecule has 0 aliphatic rings. The first-order valence-electron chi connectivity index (χ1n) is 9.04. The van der Waals surface area contributed by atoms with Gasteiger partial charge in [0, 0.05) is 39.0 Å². The highest BCUT2D eigenvalue weighted by Crippen LogP contribution is 2.36. The molecule has 0 aliphatic heterocycles. The summed E-state index contributed by atoms with van der Waals surface area (Å²) < 4.78 is 16.0. The number of carboxylic acids is 1. The summed E-state index contributed by atoms with van der Waals surface area (Å²) in [4.78, 5) is 19.5. The van der Waals surface area contributed by atoms with Gasteiger partial charge in [0.05, 0.1) is 5.56 Å². The molecule has 3 N–H and O–H groups in total. The quantitative estimate of drug-likeness (QED) is 0.312. The number of rotatable bonds is 4. The second-order valence-electron chi connectivity index (χ2n) is 6.78. The van der Waals surface area contributed by atoms with E-state index in [1.807, 2.05) is 24.4 Å². The number of nitrogens with zero attached hydrogens (tertiary/aromatic N) is 2. The second kappa shape index (κ2) is 7.00. The van der Waals surface area contributed by atoms with Crippen LogP contribution in [-0.4, -0.2) is 25.4 Å². The van der Waals surface area contributed by atoms with E-state index in [1.165, 1.54) is 24.4 Å². The maximum absolute atomic E-state index is 13.4. The van der Waals surface area contributed by atoms with Crippen LogP contribution >= 0.6 is 15.9 Å². The van der Waals surface area contributed by atoms with E-state index in [2.05, 4.69) is 26.2 Å². The minimum Gasteiger partial charge on any atom is -0.478 e. The number of halogens is 2. The van der Waals surface area contributed by atoms with Crippen molar-refractivity contribution >= 4 is 50.0 Å². The number of anilines is 2. The molecular weight excluding hydrogens is 451 g/mol. The summed E-state index contributed by atoms with van der Waals surface area (Å²) in [5.41, 5.74) is 3.83. The number of imidazole rings is 1. The Kier molecular flexibility index (Phi) is 4.29. The Labute approximate surface area is 178 Å². The van der Waals surface area contributed by atoms with Gasteiger partial charge in [0.15, 0.2) is 0 Å². The van der Waals surface area contributed by atoms with Crippen LogP contribution in [0.5, 0.6) is 0 Å². The van der Waals surface area contributed by atoms with Crippen molar-refractivity contribution in [1.82, 2.24) is 14.4 Å². The van der Waals surface area contributed by atoms with Crippen molar-refractivity contribution in [3.05, 3.63) is 82.8 Å². The van der Waals surface area contributed by atoms with E-state index >= 15 is 0 Å². The minimum absolute atomic E-state index is 0.135. The van der Waals surface area contributed by atoms with Crippen molar-refractivity contribution in [3.63, 3.8) is 0 Å². The van der Waals surface area contributed by atoms with E-state index < -0.39 is 5.97 Å². The maximum Gasteiger partial charge on any atom is 0.337 e. The van der Waals surface area contributed by atoms with Gasteiger partial charge in [-0.05, 0) is 54.6 Å². The zero-order valence-electron chi connectivity index (χ0n) is 15.4. The maximum atomic E-state index is 13.4. The van der Waals surface area contributed by atoms with Gasteiger partial charge in [-0.25, -0.2) is 14.2 Å². The Bertz CT molecular complexity index is 1420. The lowest BCUT2D eigenvalue weighted by molar-refractivity contribution is 0.0696. The number of benzene rings is 2. The van der Waals surface area contributed by atoms with Crippen LogP contribution in [0.25, 0.3) is 27.8 Å². The summed E-state index contributed by atoms with van der Waals surface area (Å²) in [6.07, 6.45) is 3.39. The highest BCUT2D eigenvalue weighted by atomic mass is 79.9. The predicted molar refractivity (Wildman–Crippen MR) is 117 cm³/mol. The van der Waals surface area contributed by atoms with Crippen molar-refractivity contribution in [3.8, 4) is 11.3 Å². The Morgan fingerprint density at radius 3 is 2.70 bits per heavy atom. The van der Waals surface area contributed by atoms with E-state index in [0.29, 0.717) is 22.8 Å². The molecule has 6 nitrogen and oxygen atoms in total. The number of fused-ring (bicyclic) bond motifs is 2. The lowest BCUT2D eigenvalue weighted by atomic mass is 10.1. The summed E-state index contributed by atoms with van der Waals surface area (Å²) in [6, 6.07) is 15.0. The van der Waals surface area contributed by atoms with Crippen LogP contribution in [-0.2, 0) is 0 Å². The van der Waals surface area contributed by atoms with Crippen LogP contribution in [0.4, 0.5) is 15.9 Å². The average molecular weight is 465 g/mol. The van der Waals surface area contributed by atoms with Gasteiger partial charge in [-0.2, -0.15) is 0 Å². The molecule has 0 spiro atoms. The van der Waals surface area contributed by atoms with Gasteiger partial charge in [-0.1, -0.05) is 15.9 Å². The molecule has 148 valence electrons. The van der Waals surface area contributed by atoms with Gasteiger partial charge in [0.2, 0.25) is 0 Å². The van der Waals surface area contributed by atoms with E-state index in [4.69, 9.17) is 4.98 Å². The predicted octanol–water partition coefficient (Wildman–Crippen LogP) is 5.83. The minimum atomic E-state index is -1.03. The second-order valence-corrected chi connectivity index (χ2v) is 7.70. The number of pyridine rings is 1. The molecule has 0 fully saturated rings. The van der Waals surface area contributed by atoms with Crippen LogP contribution < -0.4 is 5.32 Å².